The number of aromatic amines is 1. The van der Waals surface area contributed by atoms with Crippen LogP contribution in [-0.2, 0) is 6.42 Å². The largest absolute Gasteiger partial charge is 0.502 e. The standard InChI is InChI=1S/C16H12FN5O3S/c17-12-4-1-10(2-5-12)8-15-19-20-16(26)21(15)18-9-11-3-6-14(23)13(7-11)22(24)25/h1-7,9,23H,8H2,(H,20,26)/b18-9+. The first-order chi connectivity index (χ1) is 12.4. The van der Waals surface area contributed by atoms with Crippen LogP contribution >= 0.6 is 12.2 Å². The lowest BCUT2D eigenvalue weighted by atomic mass is 10.1. The van der Waals surface area contributed by atoms with E-state index in [4.69, 9.17) is 12.2 Å². The van der Waals surface area contributed by atoms with Gasteiger partial charge in [-0.15, -0.1) is 0 Å². The molecule has 0 amide bonds. The summed E-state index contributed by atoms with van der Waals surface area (Å²) in [7, 11) is 0. The molecule has 0 bridgehead atoms. The Morgan fingerprint density at radius 2 is 2.08 bits per heavy atom. The molecule has 0 aliphatic carbocycles. The van der Waals surface area contributed by atoms with Gasteiger partial charge in [-0.3, -0.25) is 15.2 Å². The van der Waals surface area contributed by atoms with Crippen molar-refractivity contribution in [3.8, 4) is 5.75 Å². The SMILES string of the molecule is O=[N+]([O-])c1cc(/C=N/n2c(Cc3ccc(F)cc3)n[nH]c2=S)ccc1O. The Hall–Kier alpha value is -3.40. The quantitative estimate of drug-likeness (QED) is 0.309. The Morgan fingerprint density at radius 1 is 1.35 bits per heavy atom. The number of phenolic OH excluding ortho intramolecular Hbond substituents is 1. The van der Waals surface area contributed by atoms with Crippen molar-refractivity contribution in [2.24, 2.45) is 5.10 Å². The summed E-state index contributed by atoms with van der Waals surface area (Å²) in [5.74, 6) is -0.269. The molecule has 0 aliphatic rings. The number of aromatic nitrogens is 3. The molecule has 0 spiro atoms. The molecule has 2 aromatic carbocycles. The van der Waals surface area contributed by atoms with Gasteiger partial charge in [0.1, 0.15) is 5.82 Å². The number of phenols is 1. The average Bonchev–Trinajstić information content (AvgIpc) is 2.95. The Bertz CT molecular complexity index is 1040. The fourth-order valence-electron chi connectivity index (χ4n) is 2.23. The highest BCUT2D eigenvalue weighted by atomic mass is 32.1. The number of aromatic hydroxyl groups is 1. The maximum Gasteiger partial charge on any atom is 0.311 e. The number of halogens is 1. The molecule has 0 aliphatic heterocycles. The number of H-pyrrole nitrogens is 1. The second kappa shape index (κ2) is 7.23. The van der Waals surface area contributed by atoms with E-state index in [9.17, 15) is 19.6 Å². The molecule has 0 radical (unpaired) electrons. The van der Waals surface area contributed by atoms with Crippen molar-refractivity contribution in [2.45, 2.75) is 6.42 Å². The van der Waals surface area contributed by atoms with Gasteiger partial charge in [0, 0.05) is 18.1 Å². The molecule has 1 heterocycles. The zero-order valence-electron chi connectivity index (χ0n) is 13.2. The summed E-state index contributed by atoms with van der Waals surface area (Å²) in [6.45, 7) is 0. The van der Waals surface area contributed by atoms with Gasteiger partial charge in [0.2, 0.25) is 4.77 Å². The van der Waals surface area contributed by atoms with Gasteiger partial charge < -0.3 is 5.11 Å². The number of rotatable bonds is 5. The third kappa shape index (κ3) is 3.81. The third-order valence-corrected chi connectivity index (χ3v) is 3.78. The van der Waals surface area contributed by atoms with Crippen molar-refractivity contribution >= 4 is 24.1 Å². The maximum absolute atomic E-state index is 13.0. The van der Waals surface area contributed by atoms with Crippen LogP contribution in [0, 0.1) is 20.7 Å². The van der Waals surface area contributed by atoms with Crippen LogP contribution in [0.25, 0.3) is 0 Å². The van der Waals surface area contributed by atoms with Gasteiger partial charge in [-0.2, -0.15) is 14.9 Å². The highest BCUT2D eigenvalue weighted by Gasteiger charge is 2.13. The Kier molecular flexibility index (Phi) is 4.85. The molecule has 0 saturated carbocycles. The van der Waals surface area contributed by atoms with E-state index in [1.807, 2.05) is 0 Å². The molecule has 0 unspecified atom stereocenters. The third-order valence-electron chi connectivity index (χ3n) is 3.51. The number of nitrogens with one attached hydrogen (secondary N) is 1. The molecule has 1 aromatic heterocycles. The molecule has 132 valence electrons. The molecule has 0 saturated heterocycles. The minimum atomic E-state index is -0.684. The van der Waals surface area contributed by atoms with Gasteiger partial charge in [0.25, 0.3) is 0 Å². The first-order valence-electron chi connectivity index (χ1n) is 7.36. The van der Waals surface area contributed by atoms with E-state index in [0.717, 1.165) is 5.56 Å². The zero-order chi connectivity index (χ0) is 18.7. The van der Waals surface area contributed by atoms with Crippen LogP contribution in [0.5, 0.6) is 5.75 Å². The van der Waals surface area contributed by atoms with E-state index < -0.39 is 16.4 Å². The van der Waals surface area contributed by atoms with Gasteiger partial charge in [0.05, 0.1) is 11.1 Å². The van der Waals surface area contributed by atoms with Crippen LogP contribution in [0.15, 0.2) is 47.6 Å². The second-order valence-electron chi connectivity index (χ2n) is 5.31. The van der Waals surface area contributed by atoms with Crippen molar-refractivity contribution in [3.05, 3.63) is 80.1 Å². The maximum atomic E-state index is 13.0. The summed E-state index contributed by atoms with van der Waals surface area (Å²) in [5, 5.41) is 31.3. The molecule has 0 fully saturated rings. The molecule has 26 heavy (non-hydrogen) atoms. The van der Waals surface area contributed by atoms with E-state index in [-0.39, 0.29) is 10.6 Å². The molecule has 3 aromatic rings. The van der Waals surface area contributed by atoms with Gasteiger partial charge in [-0.25, -0.2) is 4.39 Å². The molecule has 10 heteroatoms. The summed E-state index contributed by atoms with van der Waals surface area (Å²) in [5.41, 5.74) is 0.804. The Balaban J connectivity index is 1.88. The summed E-state index contributed by atoms with van der Waals surface area (Å²) in [6.07, 6.45) is 1.73. The van der Waals surface area contributed by atoms with Crippen molar-refractivity contribution in [1.82, 2.24) is 14.9 Å². The van der Waals surface area contributed by atoms with Crippen LogP contribution in [0.1, 0.15) is 17.0 Å². The molecule has 0 atom stereocenters. The predicted octanol–water partition coefficient (Wildman–Crippen LogP) is 3.17. The molecule has 3 rings (SSSR count). The Labute approximate surface area is 151 Å². The van der Waals surface area contributed by atoms with Gasteiger partial charge in [0.15, 0.2) is 11.6 Å². The van der Waals surface area contributed by atoms with Crippen molar-refractivity contribution < 1.29 is 14.4 Å². The van der Waals surface area contributed by atoms with E-state index in [2.05, 4.69) is 15.3 Å². The lowest BCUT2D eigenvalue weighted by molar-refractivity contribution is -0.385. The van der Waals surface area contributed by atoms with E-state index in [0.29, 0.717) is 17.8 Å². The van der Waals surface area contributed by atoms with Crippen molar-refractivity contribution in [3.63, 3.8) is 0 Å². The molecular weight excluding hydrogens is 361 g/mol. The van der Waals surface area contributed by atoms with Crippen molar-refractivity contribution in [2.75, 3.05) is 0 Å². The highest BCUT2D eigenvalue weighted by molar-refractivity contribution is 7.71. The number of hydrogen-bond donors (Lipinski definition) is 2. The number of nitro groups is 1. The smallest absolute Gasteiger partial charge is 0.311 e. The average molecular weight is 373 g/mol. The predicted molar refractivity (Wildman–Crippen MR) is 94.4 cm³/mol. The summed E-state index contributed by atoms with van der Waals surface area (Å²) < 4.78 is 14.6. The zero-order valence-corrected chi connectivity index (χ0v) is 14.0. The first kappa shape index (κ1) is 17.4. The number of nitrogens with zero attached hydrogens (tertiary/aromatic N) is 4. The van der Waals surface area contributed by atoms with Crippen LogP contribution in [0.3, 0.4) is 0 Å². The topological polar surface area (TPSA) is 109 Å². The lowest BCUT2D eigenvalue weighted by Gasteiger charge is -2.02. The van der Waals surface area contributed by atoms with E-state index in [1.165, 1.54) is 41.2 Å². The monoisotopic (exact) mass is 373 g/mol. The summed E-state index contributed by atoms with van der Waals surface area (Å²) in [6, 6.07) is 9.85. The normalized spacial score (nSPS) is 11.1. The van der Waals surface area contributed by atoms with E-state index in [1.54, 1.807) is 12.1 Å². The first-order valence-corrected chi connectivity index (χ1v) is 7.77. The fraction of sp³-hybridized carbons (Fsp3) is 0.0625. The van der Waals surface area contributed by atoms with Crippen LogP contribution in [0.4, 0.5) is 10.1 Å². The van der Waals surface area contributed by atoms with Crippen LogP contribution < -0.4 is 0 Å². The number of nitro benzene ring substituents is 1. The summed E-state index contributed by atoms with van der Waals surface area (Å²) in [4.78, 5) is 10.2. The minimum Gasteiger partial charge on any atom is -0.502 e. The lowest BCUT2D eigenvalue weighted by Crippen LogP contribution is -2.00. The van der Waals surface area contributed by atoms with Gasteiger partial charge in [-0.05, 0) is 42.0 Å². The summed E-state index contributed by atoms with van der Waals surface area (Å²) >= 11 is 5.14. The van der Waals surface area contributed by atoms with Crippen LogP contribution in [-0.4, -0.2) is 31.1 Å². The number of benzene rings is 2. The van der Waals surface area contributed by atoms with E-state index >= 15 is 0 Å². The molecule has 2 N–H and O–H groups in total. The fourth-order valence-corrected chi connectivity index (χ4v) is 2.43. The highest BCUT2D eigenvalue weighted by Crippen LogP contribution is 2.25. The minimum absolute atomic E-state index is 0.242. The molecule has 8 nitrogen and oxygen atoms in total. The van der Waals surface area contributed by atoms with Gasteiger partial charge in [-0.1, -0.05) is 12.1 Å². The van der Waals surface area contributed by atoms with Crippen molar-refractivity contribution in [1.29, 1.82) is 0 Å². The van der Waals surface area contributed by atoms with Gasteiger partial charge >= 0.3 is 5.69 Å². The molecular formula is C16H12FN5O3S. The van der Waals surface area contributed by atoms with Crippen LogP contribution in [0.2, 0.25) is 0 Å². The number of hydrogen-bond acceptors (Lipinski definition) is 6. The Morgan fingerprint density at radius 3 is 2.77 bits per heavy atom. The second-order valence-corrected chi connectivity index (χ2v) is 5.70.